The van der Waals surface area contributed by atoms with E-state index in [1.165, 1.54) is 28.9 Å². The highest BCUT2D eigenvalue weighted by Gasteiger charge is 2.01. The molecule has 0 bridgehead atoms. The molecule has 0 aliphatic carbocycles. The Bertz CT molecular complexity index is 534. The molecule has 0 saturated carbocycles. The molecule has 0 aromatic carbocycles. The Morgan fingerprint density at radius 3 is 2.92 bits per heavy atom. The number of thiazole rings is 1. The van der Waals surface area contributed by atoms with Gasteiger partial charge in [-0.15, -0.1) is 11.3 Å². The normalized spacial score (nSPS) is 10.8. The Morgan fingerprint density at radius 2 is 2.17 bits per heavy atom. The quantitative estimate of drug-likeness (QED) is 0.578. The molecule has 0 aliphatic heterocycles. The van der Waals surface area contributed by atoms with Crippen LogP contribution in [0.25, 0.3) is 4.83 Å². The monoisotopic (exact) mass is 182 g/mol. The van der Waals surface area contributed by atoms with Crippen LogP contribution in [0, 0.1) is 0 Å². The van der Waals surface area contributed by atoms with Crippen LogP contribution in [0.5, 0.6) is 0 Å². The Labute approximate surface area is 71.3 Å². The van der Waals surface area contributed by atoms with Crippen LogP contribution in [0.15, 0.2) is 27.2 Å². The molecule has 0 aliphatic rings. The Balaban J connectivity index is 3.16. The fourth-order valence-corrected chi connectivity index (χ4v) is 1.75. The molecule has 0 fully saturated rings. The maximum atomic E-state index is 11.3. The molecule has 0 N–H and O–H groups in total. The van der Waals surface area contributed by atoms with Crippen molar-refractivity contribution in [2.75, 3.05) is 0 Å². The van der Waals surface area contributed by atoms with Gasteiger partial charge in [-0.25, -0.2) is 4.79 Å². The second kappa shape index (κ2) is 2.31. The number of hydrogen-bond acceptors (Lipinski definition) is 3. The summed E-state index contributed by atoms with van der Waals surface area (Å²) in [6, 6.07) is 1.45. The van der Waals surface area contributed by atoms with Crippen LogP contribution >= 0.6 is 11.3 Å². The second-order valence-corrected chi connectivity index (χ2v) is 3.36. The summed E-state index contributed by atoms with van der Waals surface area (Å²) in [5.74, 6) is 0. The zero-order valence-corrected chi connectivity index (χ0v) is 7.17. The van der Waals surface area contributed by atoms with Crippen molar-refractivity contribution in [3.63, 3.8) is 0 Å². The van der Waals surface area contributed by atoms with Crippen molar-refractivity contribution in [2.24, 2.45) is 7.05 Å². The third-order valence-corrected chi connectivity index (χ3v) is 2.52. The van der Waals surface area contributed by atoms with E-state index in [1.54, 1.807) is 11.6 Å². The highest BCUT2D eigenvalue weighted by Crippen LogP contribution is 2.04. The van der Waals surface area contributed by atoms with Gasteiger partial charge in [0.25, 0.3) is 5.56 Å². The first-order valence-electron chi connectivity index (χ1n) is 3.36. The van der Waals surface area contributed by atoms with Crippen LogP contribution in [0.1, 0.15) is 0 Å². The predicted molar refractivity (Wildman–Crippen MR) is 46.8 cm³/mol. The summed E-state index contributed by atoms with van der Waals surface area (Å²) in [5.41, 5.74) is -0.554. The fraction of sp³-hybridized carbons (Fsp3) is 0.143. The minimum absolute atomic E-state index is 0.262. The lowest BCUT2D eigenvalue weighted by Crippen LogP contribution is -2.33. The van der Waals surface area contributed by atoms with Crippen molar-refractivity contribution >= 4 is 16.2 Å². The van der Waals surface area contributed by atoms with Gasteiger partial charge in [0.05, 0.1) is 0 Å². The van der Waals surface area contributed by atoms with Crippen LogP contribution in [-0.4, -0.2) is 8.97 Å². The molecule has 0 amide bonds. The van der Waals surface area contributed by atoms with E-state index in [0.29, 0.717) is 4.83 Å². The zero-order valence-electron chi connectivity index (χ0n) is 6.35. The van der Waals surface area contributed by atoms with E-state index in [9.17, 15) is 9.59 Å². The molecule has 5 heteroatoms. The molecule has 0 atom stereocenters. The largest absolute Gasteiger partial charge is 0.335 e. The molecule has 0 spiro atoms. The summed E-state index contributed by atoms with van der Waals surface area (Å²) >= 11 is 1.37. The van der Waals surface area contributed by atoms with E-state index in [0.717, 1.165) is 4.57 Å². The molecule has 12 heavy (non-hydrogen) atoms. The van der Waals surface area contributed by atoms with Crippen LogP contribution < -0.4 is 11.2 Å². The maximum Gasteiger partial charge on any atom is 0.335 e. The summed E-state index contributed by atoms with van der Waals surface area (Å²) in [4.78, 5) is 23.1. The first-order chi connectivity index (χ1) is 5.70. The fourth-order valence-electron chi connectivity index (χ4n) is 1.01. The minimum atomic E-state index is -0.293. The van der Waals surface area contributed by atoms with Gasteiger partial charge in [-0.1, -0.05) is 0 Å². The smallest absolute Gasteiger partial charge is 0.269 e. The average Bonchev–Trinajstić information content (AvgIpc) is 2.48. The van der Waals surface area contributed by atoms with Gasteiger partial charge in [-0.3, -0.25) is 13.8 Å². The lowest BCUT2D eigenvalue weighted by atomic mass is 10.6. The number of rotatable bonds is 0. The average molecular weight is 182 g/mol. The highest BCUT2D eigenvalue weighted by molar-refractivity contribution is 7.15. The van der Waals surface area contributed by atoms with Gasteiger partial charge in [0, 0.05) is 24.7 Å². The number of nitrogens with zero attached hydrogens (tertiary/aromatic N) is 2. The van der Waals surface area contributed by atoms with E-state index in [1.807, 2.05) is 0 Å². The van der Waals surface area contributed by atoms with Crippen LogP contribution in [0.2, 0.25) is 0 Å². The summed E-state index contributed by atoms with van der Waals surface area (Å²) in [7, 11) is 1.47. The van der Waals surface area contributed by atoms with E-state index >= 15 is 0 Å². The number of fused-ring (bicyclic) bond motifs is 1. The van der Waals surface area contributed by atoms with Crippen molar-refractivity contribution in [2.45, 2.75) is 0 Å². The molecule has 2 rings (SSSR count). The molecular weight excluding hydrogens is 176 g/mol. The van der Waals surface area contributed by atoms with E-state index in [4.69, 9.17) is 0 Å². The molecule has 2 heterocycles. The zero-order chi connectivity index (χ0) is 8.72. The Hall–Kier alpha value is -1.36. The van der Waals surface area contributed by atoms with Gasteiger partial charge in [0.1, 0.15) is 4.83 Å². The van der Waals surface area contributed by atoms with Gasteiger partial charge >= 0.3 is 5.69 Å². The Morgan fingerprint density at radius 1 is 1.42 bits per heavy atom. The minimum Gasteiger partial charge on any atom is -0.269 e. The van der Waals surface area contributed by atoms with Gasteiger partial charge in [-0.05, 0) is 0 Å². The molecule has 4 nitrogen and oxygen atoms in total. The molecule has 62 valence electrons. The van der Waals surface area contributed by atoms with Crippen molar-refractivity contribution in [1.82, 2.24) is 8.97 Å². The predicted octanol–water partition coefficient (Wildman–Crippen LogP) is 0.0597. The van der Waals surface area contributed by atoms with Crippen molar-refractivity contribution in [3.8, 4) is 0 Å². The van der Waals surface area contributed by atoms with Crippen molar-refractivity contribution in [1.29, 1.82) is 0 Å². The second-order valence-electron chi connectivity index (χ2n) is 2.44. The maximum absolute atomic E-state index is 11.3. The molecule has 0 radical (unpaired) electrons. The van der Waals surface area contributed by atoms with Crippen molar-refractivity contribution in [3.05, 3.63) is 38.5 Å². The lowest BCUT2D eigenvalue weighted by Gasteiger charge is -1.95. The molecule has 2 aromatic heterocycles. The summed E-state index contributed by atoms with van der Waals surface area (Å²) in [6.45, 7) is 0. The molecular formula is C7H6N2O2S. The lowest BCUT2D eigenvalue weighted by molar-refractivity contribution is 0.761. The first-order valence-corrected chi connectivity index (χ1v) is 4.24. The number of aromatic nitrogens is 2. The van der Waals surface area contributed by atoms with E-state index in [2.05, 4.69) is 0 Å². The standard InChI is InChI=1S/C7H6N2O2S/c1-8-5(10)4-6-9(7(8)11)2-3-12-6/h2-4H,1H3. The van der Waals surface area contributed by atoms with Crippen molar-refractivity contribution < 1.29 is 0 Å². The van der Waals surface area contributed by atoms with E-state index < -0.39 is 0 Å². The summed E-state index contributed by atoms with van der Waals surface area (Å²) in [5, 5.41) is 1.77. The topological polar surface area (TPSA) is 43.5 Å². The Kier molecular flexibility index (Phi) is 1.41. The summed E-state index contributed by atoms with van der Waals surface area (Å²) in [6.07, 6.45) is 1.65. The van der Waals surface area contributed by atoms with Gasteiger partial charge in [0.2, 0.25) is 0 Å². The first kappa shape index (κ1) is 7.30. The third-order valence-electron chi connectivity index (χ3n) is 1.71. The van der Waals surface area contributed by atoms with Crippen LogP contribution in [0.3, 0.4) is 0 Å². The SMILES string of the molecule is Cn1c(=O)cc2sccn2c1=O. The third kappa shape index (κ3) is 0.831. The van der Waals surface area contributed by atoms with Gasteiger partial charge in [0.15, 0.2) is 0 Å². The number of hydrogen-bond donors (Lipinski definition) is 0. The van der Waals surface area contributed by atoms with Gasteiger partial charge in [-0.2, -0.15) is 0 Å². The molecule has 2 aromatic rings. The highest BCUT2D eigenvalue weighted by atomic mass is 32.1. The summed E-state index contributed by atoms with van der Waals surface area (Å²) < 4.78 is 2.53. The van der Waals surface area contributed by atoms with E-state index in [-0.39, 0.29) is 11.2 Å². The van der Waals surface area contributed by atoms with Crippen LogP contribution in [0.4, 0.5) is 0 Å². The molecule has 0 saturated heterocycles. The van der Waals surface area contributed by atoms with Gasteiger partial charge < -0.3 is 0 Å². The molecule has 0 unspecified atom stereocenters. The van der Waals surface area contributed by atoms with Crippen LogP contribution in [-0.2, 0) is 7.05 Å².